The second-order valence-electron chi connectivity index (χ2n) is 10.7. The van der Waals surface area contributed by atoms with Gasteiger partial charge >= 0.3 is 0 Å². The number of benzene rings is 2. The number of nitrogens with zero attached hydrogens (tertiary/aromatic N) is 2. The predicted molar refractivity (Wildman–Crippen MR) is 137 cm³/mol. The molecule has 0 saturated carbocycles. The van der Waals surface area contributed by atoms with Gasteiger partial charge in [0.1, 0.15) is 23.7 Å². The van der Waals surface area contributed by atoms with Crippen LogP contribution < -0.4 is 5.32 Å². The average molecular weight is 488 g/mol. The summed E-state index contributed by atoms with van der Waals surface area (Å²) in [6.45, 7) is 3.91. The average Bonchev–Trinajstić information content (AvgIpc) is 3.49. The van der Waals surface area contributed by atoms with Crippen LogP contribution in [0.4, 0.5) is 0 Å². The molecule has 3 amide bonds. The Morgan fingerprint density at radius 3 is 2.44 bits per heavy atom. The number of hydrogen-bond donors (Lipinski definition) is 1. The number of carbonyl (C=O) groups is 3. The minimum absolute atomic E-state index is 0.133. The molecule has 188 valence electrons. The van der Waals surface area contributed by atoms with Gasteiger partial charge in [0.15, 0.2) is 0 Å². The Morgan fingerprint density at radius 2 is 1.81 bits per heavy atom. The third kappa shape index (κ3) is 3.96. The molecule has 1 aromatic heterocycles. The van der Waals surface area contributed by atoms with Crippen molar-refractivity contribution in [2.24, 2.45) is 11.8 Å². The number of nitrogens with one attached hydrogen (secondary N) is 1. The zero-order chi connectivity index (χ0) is 25.6. The number of carbonyl (C=O) groups excluding carboxylic acids is 3. The summed E-state index contributed by atoms with van der Waals surface area (Å²) in [5.41, 5.74) is 2.53. The Bertz CT molecular complexity index is 1300. The molecule has 2 atom stereocenters. The number of rotatable bonds is 6. The summed E-state index contributed by atoms with van der Waals surface area (Å²) in [5.74, 6) is -0.647. The molecule has 5 rings (SSSR count). The predicted octanol–water partition coefficient (Wildman–Crippen LogP) is 3.50. The van der Waals surface area contributed by atoms with E-state index in [1.54, 1.807) is 20.4 Å². The Balaban J connectivity index is 1.66. The lowest BCUT2D eigenvalue weighted by molar-refractivity contribution is -0.161. The maximum absolute atomic E-state index is 14.7. The van der Waals surface area contributed by atoms with Crippen molar-refractivity contribution < 1.29 is 18.8 Å². The maximum Gasteiger partial charge on any atom is 0.254 e. The fraction of sp³-hybridized carbons (Fsp3) is 0.414. The van der Waals surface area contributed by atoms with Crippen molar-refractivity contribution in [2.45, 2.75) is 44.7 Å². The van der Waals surface area contributed by atoms with E-state index >= 15 is 0 Å². The van der Waals surface area contributed by atoms with Gasteiger partial charge in [-0.3, -0.25) is 14.4 Å². The maximum atomic E-state index is 14.7. The van der Waals surface area contributed by atoms with Crippen LogP contribution >= 0.6 is 0 Å². The summed E-state index contributed by atoms with van der Waals surface area (Å²) in [6, 6.07) is 15.0. The van der Waals surface area contributed by atoms with Gasteiger partial charge in [-0.15, -0.1) is 0 Å². The summed E-state index contributed by atoms with van der Waals surface area (Å²) in [4.78, 5) is 44.4. The number of furan rings is 1. The van der Waals surface area contributed by atoms with Crippen molar-refractivity contribution in [3.05, 3.63) is 71.5 Å². The topological polar surface area (TPSA) is 82.9 Å². The van der Waals surface area contributed by atoms with Crippen molar-refractivity contribution in [1.29, 1.82) is 0 Å². The molecule has 1 saturated heterocycles. The van der Waals surface area contributed by atoms with Crippen molar-refractivity contribution in [3.8, 4) is 0 Å². The third-order valence-corrected chi connectivity index (χ3v) is 7.67. The molecule has 7 heteroatoms. The minimum Gasteiger partial charge on any atom is -0.464 e. The molecule has 0 radical (unpaired) electrons. The summed E-state index contributed by atoms with van der Waals surface area (Å²) in [5, 5.41) is 4.10. The van der Waals surface area contributed by atoms with Gasteiger partial charge < -0.3 is 19.5 Å². The zero-order valence-corrected chi connectivity index (χ0v) is 21.3. The molecule has 2 aromatic carbocycles. The number of hydrogen-bond acceptors (Lipinski definition) is 4. The van der Waals surface area contributed by atoms with Gasteiger partial charge in [-0.1, -0.05) is 44.2 Å². The van der Waals surface area contributed by atoms with Crippen molar-refractivity contribution in [1.82, 2.24) is 15.1 Å². The normalized spacial score (nSPS) is 22.2. The van der Waals surface area contributed by atoms with Gasteiger partial charge in [-0.25, -0.2) is 0 Å². The van der Waals surface area contributed by atoms with E-state index in [9.17, 15) is 14.4 Å². The minimum atomic E-state index is -1.29. The summed E-state index contributed by atoms with van der Waals surface area (Å²) in [7, 11) is 3.34. The molecular formula is C29H33N3O4. The quantitative estimate of drug-likeness (QED) is 0.577. The first-order chi connectivity index (χ1) is 17.2. The highest BCUT2D eigenvalue weighted by Crippen LogP contribution is 2.44. The molecule has 1 aliphatic heterocycles. The fourth-order valence-electron chi connectivity index (χ4n) is 5.78. The van der Waals surface area contributed by atoms with Crippen LogP contribution in [0.1, 0.15) is 37.0 Å². The Kier molecular flexibility index (Phi) is 6.10. The van der Waals surface area contributed by atoms with Crippen LogP contribution in [0.15, 0.2) is 59.2 Å². The molecular weight excluding hydrogens is 454 g/mol. The van der Waals surface area contributed by atoms with E-state index in [1.807, 2.05) is 50.2 Å². The summed E-state index contributed by atoms with van der Waals surface area (Å²) >= 11 is 0. The molecule has 2 heterocycles. The van der Waals surface area contributed by atoms with E-state index < -0.39 is 11.6 Å². The molecule has 3 aromatic rings. The third-order valence-electron chi connectivity index (χ3n) is 7.67. The highest BCUT2D eigenvalue weighted by atomic mass is 16.3. The highest BCUT2D eigenvalue weighted by Gasteiger charge is 2.57. The van der Waals surface area contributed by atoms with E-state index in [2.05, 4.69) is 17.4 Å². The molecule has 1 fully saturated rings. The van der Waals surface area contributed by atoms with E-state index in [1.165, 1.54) is 20.9 Å². The van der Waals surface area contributed by atoms with Crippen LogP contribution in [0.3, 0.4) is 0 Å². The second-order valence-corrected chi connectivity index (χ2v) is 10.7. The lowest BCUT2D eigenvalue weighted by Crippen LogP contribution is -2.72. The fourth-order valence-corrected chi connectivity index (χ4v) is 5.78. The van der Waals surface area contributed by atoms with Crippen LogP contribution in [0.2, 0.25) is 0 Å². The van der Waals surface area contributed by atoms with Gasteiger partial charge in [-0.2, -0.15) is 0 Å². The first kappa shape index (κ1) is 24.1. The SMILES string of the molecule is CC(C)C[C@@H]1C(=O)N[C@@](c2ccc3occc3c2)(C2Cc3ccccc3C2)C(=O)N1CC(=O)N(C)C. The van der Waals surface area contributed by atoms with Crippen LogP contribution in [-0.4, -0.2) is 54.2 Å². The first-order valence-corrected chi connectivity index (χ1v) is 12.6. The second kappa shape index (κ2) is 9.12. The number of likely N-dealkylation sites (N-methyl/N-ethyl adjacent to an activating group) is 1. The van der Waals surface area contributed by atoms with E-state index in [-0.39, 0.29) is 36.1 Å². The number of amides is 3. The zero-order valence-electron chi connectivity index (χ0n) is 21.3. The monoisotopic (exact) mass is 487 g/mol. The lowest BCUT2D eigenvalue weighted by atomic mass is 9.72. The molecule has 0 spiro atoms. The molecule has 1 aliphatic carbocycles. The molecule has 36 heavy (non-hydrogen) atoms. The van der Waals surface area contributed by atoms with Crippen molar-refractivity contribution in [2.75, 3.05) is 20.6 Å². The molecule has 1 N–H and O–H groups in total. The van der Waals surface area contributed by atoms with E-state index in [0.717, 1.165) is 16.5 Å². The summed E-state index contributed by atoms with van der Waals surface area (Å²) < 4.78 is 5.55. The first-order valence-electron chi connectivity index (χ1n) is 12.6. The van der Waals surface area contributed by atoms with E-state index in [0.29, 0.717) is 19.3 Å². The standard InChI is InChI=1S/C29H33N3O4/c1-18(2)13-24-27(34)30-29(28(35)32(24)17-26(33)31(3)4,22-9-10-25-21(16-22)11-12-36-25)23-14-19-7-5-6-8-20(19)15-23/h5-12,16,18,23-24H,13-15,17H2,1-4H3,(H,30,34)/t24-,29+/m1/s1. The Hall–Kier alpha value is -3.61. The van der Waals surface area contributed by atoms with Gasteiger partial charge in [0, 0.05) is 25.4 Å². The van der Waals surface area contributed by atoms with Crippen LogP contribution in [-0.2, 0) is 32.8 Å². The van der Waals surface area contributed by atoms with Crippen LogP contribution in [0.5, 0.6) is 0 Å². The van der Waals surface area contributed by atoms with Crippen LogP contribution in [0.25, 0.3) is 11.0 Å². The largest absolute Gasteiger partial charge is 0.464 e. The lowest BCUT2D eigenvalue weighted by Gasteiger charge is -2.49. The molecule has 0 unspecified atom stereocenters. The number of piperazine rings is 1. The highest BCUT2D eigenvalue weighted by molar-refractivity contribution is 6.03. The summed E-state index contributed by atoms with van der Waals surface area (Å²) in [6.07, 6.45) is 3.43. The van der Waals surface area contributed by atoms with Crippen molar-refractivity contribution >= 4 is 28.7 Å². The van der Waals surface area contributed by atoms with Crippen molar-refractivity contribution in [3.63, 3.8) is 0 Å². The van der Waals surface area contributed by atoms with Gasteiger partial charge in [0.2, 0.25) is 11.8 Å². The molecule has 7 nitrogen and oxygen atoms in total. The van der Waals surface area contributed by atoms with Crippen LogP contribution in [0, 0.1) is 11.8 Å². The Morgan fingerprint density at radius 1 is 1.11 bits per heavy atom. The molecule has 2 aliphatic rings. The van der Waals surface area contributed by atoms with Gasteiger partial charge in [0.25, 0.3) is 5.91 Å². The van der Waals surface area contributed by atoms with E-state index in [4.69, 9.17) is 4.42 Å². The Labute approximate surface area is 211 Å². The molecule has 0 bridgehead atoms. The number of fused-ring (bicyclic) bond motifs is 2. The van der Waals surface area contributed by atoms with Gasteiger partial charge in [0.05, 0.1) is 6.26 Å². The smallest absolute Gasteiger partial charge is 0.254 e. The van der Waals surface area contributed by atoms with Gasteiger partial charge in [-0.05, 0) is 60.1 Å².